The number of aliphatic hydroxyl groups excluding tert-OH is 1. The van der Waals surface area contributed by atoms with Gasteiger partial charge in [0, 0.05) is 11.3 Å². The largest absolute Gasteiger partial charge is 0.477 e. The number of amides is 2. The van der Waals surface area contributed by atoms with Crippen LogP contribution >= 0.6 is 23.4 Å². The van der Waals surface area contributed by atoms with E-state index in [-0.39, 0.29) is 5.70 Å². The molecule has 0 spiro atoms. The van der Waals surface area contributed by atoms with Crippen molar-refractivity contribution in [3.8, 4) is 0 Å². The van der Waals surface area contributed by atoms with Crippen LogP contribution in [0.15, 0.2) is 53.2 Å². The number of rotatable bonds is 5. The topological polar surface area (TPSA) is 107 Å². The molecule has 0 aromatic heterocycles. The Morgan fingerprint density at radius 3 is 2.65 bits per heavy atom. The number of halogens is 1. The highest BCUT2D eigenvalue weighted by molar-refractivity contribution is 8.00. The molecule has 26 heavy (non-hydrogen) atoms. The third kappa shape index (κ3) is 3.23. The molecule has 3 N–H and O–H groups in total. The summed E-state index contributed by atoms with van der Waals surface area (Å²) < 4.78 is 0. The summed E-state index contributed by atoms with van der Waals surface area (Å²) in [5, 5.41) is 21.5. The van der Waals surface area contributed by atoms with Crippen LogP contribution < -0.4 is 5.32 Å². The maximum Gasteiger partial charge on any atom is 0.352 e. The van der Waals surface area contributed by atoms with Gasteiger partial charge >= 0.3 is 5.97 Å². The molecule has 2 heterocycles. The van der Waals surface area contributed by atoms with Gasteiger partial charge in [-0.15, -0.1) is 11.8 Å². The highest BCUT2D eigenvalue weighted by Crippen LogP contribution is 2.40. The van der Waals surface area contributed by atoms with Crippen LogP contribution in [0.25, 0.3) is 0 Å². The molecule has 3 rings (SSSR count). The number of nitrogens with one attached hydrogen (secondary N) is 1. The molecule has 2 unspecified atom stereocenters. The van der Waals surface area contributed by atoms with Gasteiger partial charge in [-0.3, -0.25) is 14.5 Å². The second-order valence-corrected chi connectivity index (χ2v) is 7.04. The van der Waals surface area contributed by atoms with Crippen molar-refractivity contribution in [2.24, 2.45) is 0 Å². The predicted octanol–water partition coefficient (Wildman–Crippen LogP) is 1.21. The molecule has 7 nitrogen and oxygen atoms in total. The van der Waals surface area contributed by atoms with E-state index in [1.807, 2.05) is 0 Å². The van der Waals surface area contributed by atoms with E-state index in [4.69, 9.17) is 11.6 Å². The zero-order valence-corrected chi connectivity index (χ0v) is 14.9. The van der Waals surface area contributed by atoms with Gasteiger partial charge in [0.25, 0.3) is 11.8 Å². The maximum atomic E-state index is 12.4. The average Bonchev–Trinajstić information content (AvgIpc) is 2.65. The van der Waals surface area contributed by atoms with Crippen molar-refractivity contribution in [2.45, 2.75) is 17.5 Å². The minimum atomic E-state index is -1.41. The number of hydrogen-bond donors (Lipinski definition) is 3. The molecule has 9 heteroatoms. The minimum absolute atomic E-state index is 0.134. The monoisotopic (exact) mass is 394 g/mol. The third-order valence-corrected chi connectivity index (χ3v) is 5.55. The predicted molar refractivity (Wildman–Crippen MR) is 96.1 cm³/mol. The summed E-state index contributed by atoms with van der Waals surface area (Å²) in [6, 6.07) is 7.45. The number of β-lactam (4-membered cyclic amide) rings is 1. The van der Waals surface area contributed by atoms with E-state index in [1.165, 1.54) is 23.4 Å². The van der Waals surface area contributed by atoms with Gasteiger partial charge in [-0.2, -0.15) is 0 Å². The van der Waals surface area contributed by atoms with E-state index in [0.717, 1.165) is 4.90 Å². The molecule has 2 aliphatic rings. The number of thioether (sulfide) groups is 1. The van der Waals surface area contributed by atoms with E-state index < -0.39 is 35.3 Å². The Kier molecular flexibility index (Phi) is 5.36. The van der Waals surface area contributed by atoms with E-state index >= 15 is 0 Å². The van der Waals surface area contributed by atoms with Crippen molar-refractivity contribution in [1.29, 1.82) is 0 Å². The molecular weight excluding hydrogens is 380 g/mol. The molecule has 136 valence electrons. The second kappa shape index (κ2) is 7.53. The molecule has 0 bridgehead atoms. The summed E-state index contributed by atoms with van der Waals surface area (Å²) in [6.07, 6.45) is 0.0305. The van der Waals surface area contributed by atoms with Crippen molar-refractivity contribution in [2.75, 3.05) is 5.75 Å². The van der Waals surface area contributed by atoms with Crippen LogP contribution in [0, 0.1) is 0 Å². The molecule has 2 aliphatic heterocycles. The Bertz CT molecular complexity index is 811. The Morgan fingerprint density at radius 2 is 2.04 bits per heavy atom. The fourth-order valence-corrected chi connectivity index (χ4v) is 4.34. The van der Waals surface area contributed by atoms with E-state index in [2.05, 4.69) is 5.32 Å². The molecule has 3 atom stereocenters. The summed E-state index contributed by atoms with van der Waals surface area (Å²) in [4.78, 5) is 37.3. The first-order valence-corrected chi connectivity index (χ1v) is 9.15. The summed E-state index contributed by atoms with van der Waals surface area (Å²) >= 11 is 6.85. The molecule has 0 radical (unpaired) electrons. The number of aliphatic carboxylic acids is 1. The van der Waals surface area contributed by atoms with Crippen molar-refractivity contribution >= 4 is 41.1 Å². The highest BCUT2D eigenvalue weighted by Gasteiger charge is 2.54. The minimum Gasteiger partial charge on any atom is -0.477 e. The summed E-state index contributed by atoms with van der Waals surface area (Å²) in [7, 11) is 0. The number of fused-ring (bicyclic) bond motifs is 1. The standard InChI is InChI=1S/C17H15ClN2O5S/c18-7-6-10-8-26-16-11(15(23)20(16)12(10)17(24)25)19-14(22)13(21)9-4-2-1-3-5-9/h1-7,11,13,16,21H,8H2,(H,19,22)(H,24,25)/b7-6+/t11?,13?,16-/m1/s1. The molecule has 1 aromatic rings. The molecule has 1 aromatic carbocycles. The lowest BCUT2D eigenvalue weighted by molar-refractivity contribution is -0.151. The first kappa shape index (κ1) is 18.5. The average molecular weight is 395 g/mol. The number of allylic oxidation sites excluding steroid dienone is 1. The normalized spacial score (nSPS) is 23.5. The number of carbonyl (C=O) groups is 3. The molecular formula is C17H15ClN2O5S. The van der Waals surface area contributed by atoms with Gasteiger partial charge < -0.3 is 15.5 Å². The lowest BCUT2D eigenvalue weighted by Crippen LogP contribution is -2.70. The Balaban J connectivity index is 1.75. The Labute approximate surface area is 158 Å². The quantitative estimate of drug-likeness (QED) is 0.648. The fraction of sp³-hybridized carbons (Fsp3) is 0.235. The summed E-state index contributed by atoms with van der Waals surface area (Å²) in [5.74, 6) is -2.13. The maximum absolute atomic E-state index is 12.4. The van der Waals surface area contributed by atoms with Gasteiger partial charge in [-0.05, 0) is 17.2 Å². The van der Waals surface area contributed by atoms with Crippen LogP contribution in [0.4, 0.5) is 0 Å². The number of carboxylic acids is 1. The lowest BCUT2D eigenvalue weighted by Gasteiger charge is -2.49. The first-order valence-electron chi connectivity index (χ1n) is 7.67. The van der Waals surface area contributed by atoms with Crippen LogP contribution in [0.2, 0.25) is 0 Å². The Morgan fingerprint density at radius 1 is 1.35 bits per heavy atom. The van der Waals surface area contributed by atoms with Gasteiger partial charge in [0.2, 0.25) is 0 Å². The third-order valence-electron chi connectivity index (χ3n) is 4.13. The second-order valence-electron chi connectivity index (χ2n) is 5.68. The van der Waals surface area contributed by atoms with Crippen molar-refractivity contribution in [1.82, 2.24) is 10.2 Å². The van der Waals surface area contributed by atoms with E-state index in [1.54, 1.807) is 30.3 Å². The van der Waals surface area contributed by atoms with Crippen LogP contribution in [0.1, 0.15) is 11.7 Å². The van der Waals surface area contributed by atoms with Gasteiger partial charge in [-0.25, -0.2) is 4.79 Å². The van der Waals surface area contributed by atoms with E-state index in [9.17, 15) is 24.6 Å². The zero-order chi connectivity index (χ0) is 18.8. The van der Waals surface area contributed by atoms with Crippen molar-refractivity contribution in [3.63, 3.8) is 0 Å². The fourth-order valence-electron chi connectivity index (χ4n) is 2.87. The number of nitrogens with zero attached hydrogens (tertiary/aromatic N) is 1. The molecule has 0 saturated carbocycles. The number of aliphatic hydroxyl groups is 1. The van der Waals surface area contributed by atoms with Crippen LogP contribution in [-0.2, 0) is 14.4 Å². The van der Waals surface area contributed by atoms with Crippen LogP contribution in [-0.4, -0.2) is 50.1 Å². The van der Waals surface area contributed by atoms with Crippen LogP contribution in [0.3, 0.4) is 0 Å². The number of carbonyl (C=O) groups excluding carboxylic acids is 2. The summed E-state index contributed by atoms with van der Waals surface area (Å²) in [5.41, 5.74) is 1.89. The number of hydrogen-bond acceptors (Lipinski definition) is 5. The Hall–Kier alpha value is -2.29. The molecule has 1 fully saturated rings. The first-order chi connectivity index (χ1) is 12.5. The van der Waals surface area contributed by atoms with Gasteiger partial charge in [0.15, 0.2) is 6.10 Å². The van der Waals surface area contributed by atoms with Gasteiger partial charge in [0.05, 0.1) is 0 Å². The van der Waals surface area contributed by atoms with Gasteiger partial charge in [0.1, 0.15) is 17.1 Å². The van der Waals surface area contributed by atoms with Crippen molar-refractivity contribution < 1.29 is 24.6 Å². The zero-order valence-electron chi connectivity index (χ0n) is 13.3. The lowest BCUT2D eigenvalue weighted by atomic mass is 10.0. The molecule has 2 amide bonds. The number of benzene rings is 1. The van der Waals surface area contributed by atoms with Crippen molar-refractivity contribution in [3.05, 3.63) is 58.8 Å². The molecule has 0 aliphatic carbocycles. The van der Waals surface area contributed by atoms with Crippen LogP contribution in [0.5, 0.6) is 0 Å². The van der Waals surface area contributed by atoms with E-state index in [0.29, 0.717) is 16.9 Å². The summed E-state index contributed by atoms with van der Waals surface area (Å²) in [6.45, 7) is 0. The highest BCUT2D eigenvalue weighted by atomic mass is 35.5. The van der Waals surface area contributed by atoms with Gasteiger partial charge in [-0.1, -0.05) is 41.9 Å². The number of carboxylic acid groups (broad SMARTS) is 1. The molecule has 1 saturated heterocycles. The SMILES string of the molecule is O=C(O)C1=C(/C=C/Cl)CS[C@@H]2C(NC(=O)C(O)c3ccccc3)C(=O)N12. The smallest absolute Gasteiger partial charge is 0.352 e.